The fourth-order valence-corrected chi connectivity index (χ4v) is 1.76. The summed E-state index contributed by atoms with van der Waals surface area (Å²) in [5.41, 5.74) is 3.32. The topological polar surface area (TPSA) is 43.4 Å². The van der Waals surface area contributed by atoms with Crippen LogP contribution in [0.2, 0.25) is 0 Å². The molecule has 16 heavy (non-hydrogen) atoms. The van der Waals surface area contributed by atoms with E-state index in [4.69, 9.17) is 4.74 Å². The van der Waals surface area contributed by atoms with Crippen molar-refractivity contribution < 1.29 is 14.3 Å². The Morgan fingerprint density at radius 3 is 2.44 bits per heavy atom. The zero-order valence-electron chi connectivity index (χ0n) is 10.1. The summed E-state index contributed by atoms with van der Waals surface area (Å²) in [7, 11) is 0. The molecule has 0 aliphatic rings. The van der Waals surface area contributed by atoms with E-state index in [-0.39, 0.29) is 12.4 Å². The van der Waals surface area contributed by atoms with Crippen molar-refractivity contribution in [3.63, 3.8) is 0 Å². The quantitative estimate of drug-likeness (QED) is 0.732. The lowest BCUT2D eigenvalue weighted by atomic mass is 9.99. The minimum Gasteiger partial charge on any atom is -0.485 e. The molecular formula is C13H16O3. The van der Waals surface area contributed by atoms with Crippen LogP contribution in [0.4, 0.5) is 0 Å². The highest BCUT2D eigenvalue weighted by atomic mass is 16.5. The molecule has 0 fully saturated rings. The third kappa shape index (κ3) is 2.48. The SMILES string of the molecule is CC(=O)COc1c(C)cc(C)c(C=O)c1C. The van der Waals surface area contributed by atoms with Gasteiger partial charge in [0.2, 0.25) is 0 Å². The Kier molecular flexibility index (Phi) is 3.82. The Bertz CT molecular complexity index is 433. The molecule has 0 aliphatic heterocycles. The molecule has 86 valence electrons. The van der Waals surface area contributed by atoms with Gasteiger partial charge in [-0.2, -0.15) is 0 Å². The van der Waals surface area contributed by atoms with Crippen LogP contribution in [-0.4, -0.2) is 18.7 Å². The minimum atomic E-state index is -0.0352. The number of hydrogen-bond donors (Lipinski definition) is 0. The van der Waals surface area contributed by atoms with Gasteiger partial charge in [0.05, 0.1) is 0 Å². The predicted molar refractivity (Wildman–Crippen MR) is 62.2 cm³/mol. The Morgan fingerprint density at radius 1 is 1.31 bits per heavy atom. The average molecular weight is 220 g/mol. The standard InChI is InChI=1S/C13H16O3/c1-8-5-9(2)13(16-7-10(3)15)11(4)12(8)6-14/h5-6H,7H2,1-4H3. The molecule has 1 aromatic rings. The second-order valence-corrected chi connectivity index (χ2v) is 3.99. The molecule has 0 amide bonds. The van der Waals surface area contributed by atoms with Crippen LogP contribution >= 0.6 is 0 Å². The molecule has 0 bridgehead atoms. The van der Waals surface area contributed by atoms with E-state index < -0.39 is 0 Å². The van der Waals surface area contributed by atoms with Crippen LogP contribution in [0.15, 0.2) is 6.07 Å². The first-order valence-corrected chi connectivity index (χ1v) is 5.15. The number of benzene rings is 1. The van der Waals surface area contributed by atoms with Gasteiger partial charge in [-0.25, -0.2) is 0 Å². The molecule has 1 aromatic carbocycles. The lowest BCUT2D eigenvalue weighted by molar-refractivity contribution is -0.118. The summed E-state index contributed by atoms with van der Waals surface area (Å²) in [5, 5.41) is 0. The van der Waals surface area contributed by atoms with E-state index in [0.29, 0.717) is 11.3 Å². The predicted octanol–water partition coefficient (Wildman–Crippen LogP) is 2.39. The number of ketones is 1. The Hall–Kier alpha value is -1.64. The number of aldehydes is 1. The maximum Gasteiger partial charge on any atom is 0.167 e. The largest absolute Gasteiger partial charge is 0.485 e. The molecule has 0 heterocycles. The van der Waals surface area contributed by atoms with E-state index in [1.54, 1.807) is 0 Å². The van der Waals surface area contributed by atoms with Crippen LogP contribution in [0.3, 0.4) is 0 Å². The molecular weight excluding hydrogens is 204 g/mol. The highest BCUT2D eigenvalue weighted by molar-refractivity contribution is 5.82. The van der Waals surface area contributed by atoms with Gasteiger partial charge in [0.15, 0.2) is 12.1 Å². The first kappa shape index (κ1) is 12.4. The van der Waals surface area contributed by atoms with E-state index in [1.165, 1.54) is 6.92 Å². The molecule has 3 heteroatoms. The van der Waals surface area contributed by atoms with Crippen molar-refractivity contribution in [2.45, 2.75) is 27.7 Å². The number of aryl methyl sites for hydroxylation is 2. The normalized spacial score (nSPS) is 10.0. The number of Topliss-reactive ketones (excluding diaryl/α,β-unsaturated/α-hetero) is 1. The summed E-state index contributed by atoms with van der Waals surface area (Å²) < 4.78 is 5.42. The van der Waals surface area contributed by atoms with Crippen molar-refractivity contribution in [3.8, 4) is 5.75 Å². The van der Waals surface area contributed by atoms with E-state index in [9.17, 15) is 9.59 Å². The summed E-state index contributed by atoms with van der Waals surface area (Å²) >= 11 is 0. The Labute approximate surface area is 95.4 Å². The molecule has 1 rings (SSSR count). The first-order chi connectivity index (χ1) is 7.47. The fourth-order valence-electron chi connectivity index (χ4n) is 1.76. The molecule has 0 aromatic heterocycles. The summed E-state index contributed by atoms with van der Waals surface area (Å²) in [6.45, 7) is 7.14. The van der Waals surface area contributed by atoms with Gasteiger partial charge < -0.3 is 4.74 Å². The second kappa shape index (κ2) is 4.92. The third-order valence-corrected chi connectivity index (χ3v) is 2.50. The van der Waals surface area contributed by atoms with Crippen LogP contribution < -0.4 is 4.74 Å². The Balaban J connectivity index is 3.17. The van der Waals surface area contributed by atoms with Crippen LogP contribution in [0.25, 0.3) is 0 Å². The van der Waals surface area contributed by atoms with Crippen LogP contribution in [0.1, 0.15) is 34.0 Å². The van der Waals surface area contributed by atoms with Crippen LogP contribution in [-0.2, 0) is 4.79 Å². The number of hydrogen-bond acceptors (Lipinski definition) is 3. The van der Waals surface area contributed by atoms with Crippen molar-refractivity contribution in [1.29, 1.82) is 0 Å². The van der Waals surface area contributed by atoms with Crippen molar-refractivity contribution in [1.82, 2.24) is 0 Å². The molecule has 0 N–H and O–H groups in total. The summed E-state index contributed by atoms with van der Waals surface area (Å²) in [6.07, 6.45) is 0.824. The fraction of sp³-hybridized carbons (Fsp3) is 0.385. The van der Waals surface area contributed by atoms with E-state index >= 15 is 0 Å². The average Bonchev–Trinajstić information content (AvgIpc) is 2.16. The molecule has 0 unspecified atom stereocenters. The smallest absolute Gasteiger partial charge is 0.167 e. The molecule has 3 nitrogen and oxygen atoms in total. The van der Waals surface area contributed by atoms with Gasteiger partial charge in [-0.3, -0.25) is 9.59 Å². The summed E-state index contributed by atoms with van der Waals surface area (Å²) in [4.78, 5) is 21.8. The molecule has 0 radical (unpaired) electrons. The molecule has 0 aliphatic carbocycles. The van der Waals surface area contributed by atoms with Crippen molar-refractivity contribution in [2.75, 3.05) is 6.61 Å². The van der Waals surface area contributed by atoms with Gasteiger partial charge in [-0.15, -0.1) is 0 Å². The van der Waals surface area contributed by atoms with E-state index in [2.05, 4.69) is 0 Å². The van der Waals surface area contributed by atoms with Gasteiger partial charge in [0, 0.05) is 11.1 Å². The molecule has 0 saturated carbocycles. The molecule has 0 atom stereocenters. The van der Waals surface area contributed by atoms with Crippen LogP contribution in [0.5, 0.6) is 5.75 Å². The van der Waals surface area contributed by atoms with Gasteiger partial charge in [0.25, 0.3) is 0 Å². The van der Waals surface area contributed by atoms with Gasteiger partial charge >= 0.3 is 0 Å². The van der Waals surface area contributed by atoms with Gasteiger partial charge in [-0.1, -0.05) is 6.07 Å². The maximum absolute atomic E-state index is 10.9. The second-order valence-electron chi connectivity index (χ2n) is 3.99. The summed E-state index contributed by atoms with van der Waals surface area (Å²) in [5.74, 6) is 0.606. The lowest BCUT2D eigenvalue weighted by Gasteiger charge is -2.14. The maximum atomic E-state index is 10.9. The van der Waals surface area contributed by atoms with Crippen LogP contribution in [0, 0.1) is 20.8 Å². The monoisotopic (exact) mass is 220 g/mol. The van der Waals surface area contributed by atoms with E-state index in [1.807, 2.05) is 26.8 Å². The van der Waals surface area contributed by atoms with Crippen molar-refractivity contribution in [2.24, 2.45) is 0 Å². The first-order valence-electron chi connectivity index (χ1n) is 5.15. The molecule has 0 saturated heterocycles. The highest BCUT2D eigenvalue weighted by Gasteiger charge is 2.12. The zero-order valence-corrected chi connectivity index (χ0v) is 10.1. The Morgan fingerprint density at radius 2 is 1.94 bits per heavy atom. The number of ether oxygens (including phenoxy) is 1. The number of rotatable bonds is 4. The minimum absolute atomic E-state index is 0.0352. The highest BCUT2D eigenvalue weighted by Crippen LogP contribution is 2.28. The third-order valence-electron chi connectivity index (χ3n) is 2.50. The number of carbonyl (C=O) groups is 2. The lowest BCUT2D eigenvalue weighted by Crippen LogP contribution is -2.09. The van der Waals surface area contributed by atoms with Crippen molar-refractivity contribution in [3.05, 3.63) is 28.3 Å². The number of carbonyl (C=O) groups excluding carboxylic acids is 2. The molecule has 0 spiro atoms. The van der Waals surface area contributed by atoms with Gasteiger partial charge in [0.1, 0.15) is 12.4 Å². The van der Waals surface area contributed by atoms with Crippen molar-refractivity contribution >= 4 is 12.1 Å². The summed E-state index contributed by atoms with van der Waals surface area (Å²) in [6, 6.07) is 1.90. The van der Waals surface area contributed by atoms with E-state index in [0.717, 1.165) is 23.0 Å². The zero-order chi connectivity index (χ0) is 12.3. The van der Waals surface area contributed by atoms with Gasteiger partial charge in [-0.05, 0) is 38.8 Å².